The maximum atomic E-state index is 11.8. The van der Waals surface area contributed by atoms with Crippen LogP contribution in [0.1, 0.15) is 6.42 Å². The van der Waals surface area contributed by atoms with E-state index in [1.807, 2.05) is 0 Å². The van der Waals surface area contributed by atoms with Crippen molar-refractivity contribution < 1.29 is 18.3 Å². The van der Waals surface area contributed by atoms with Gasteiger partial charge >= 0.3 is 0 Å². The number of halogens is 2. The summed E-state index contributed by atoms with van der Waals surface area (Å²) in [5, 5.41) is 0. The normalized spacial score (nSPS) is 25.1. The smallest absolute Gasteiger partial charge is 0.275 e. The molecule has 0 radical (unpaired) electrons. The molecule has 0 amide bonds. The Hall–Kier alpha value is -0.930. The first-order valence-electron chi connectivity index (χ1n) is 2.83. The Kier molecular flexibility index (Phi) is 1.99. The highest BCUT2D eigenvalue weighted by Crippen LogP contribution is 2.14. The van der Waals surface area contributed by atoms with Crippen molar-refractivity contribution in [3.8, 4) is 0 Å². The second-order valence-corrected chi connectivity index (χ2v) is 1.98. The van der Waals surface area contributed by atoms with Gasteiger partial charge in [0.25, 0.3) is 6.43 Å². The van der Waals surface area contributed by atoms with Gasteiger partial charge in [0.15, 0.2) is 11.9 Å². The molecule has 1 atom stereocenters. The third-order valence-electron chi connectivity index (χ3n) is 1.19. The largest absolute Gasteiger partial charge is 0.491 e. The molecule has 1 heterocycles. The number of ketones is 1. The highest BCUT2D eigenvalue weighted by Gasteiger charge is 2.25. The molecule has 0 aromatic carbocycles. The molecule has 2 nitrogen and oxygen atoms in total. The highest BCUT2D eigenvalue weighted by atomic mass is 19.3. The minimum atomic E-state index is -2.58. The van der Waals surface area contributed by atoms with Crippen LogP contribution in [0.3, 0.4) is 0 Å². The minimum Gasteiger partial charge on any atom is -0.491 e. The summed E-state index contributed by atoms with van der Waals surface area (Å²) in [6.45, 7) is 0. The molecule has 0 fully saturated rings. The number of alkyl halides is 2. The van der Waals surface area contributed by atoms with Gasteiger partial charge in [-0.15, -0.1) is 0 Å². The van der Waals surface area contributed by atoms with Crippen molar-refractivity contribution in [2.75, 3.05) is 0 Å². The Morgan fingerprint density at radius 2 is 2.40 bits per heavy atom. The maximum absolute atomic E-state index is 11.8. The summed E-state index contributed by atoms with van der Waals surface area (Å²) in [6.07, 6.45) is -1.86. The number of rotatable bonds is 1. The first-order valence-corrected chi connectivity index (χ1v) is 2.83. The number of carbonyl (C=O) groups excluding carboxylic acids is 1. The van der Waals surface area contributed by atoms with Crippen molar-refractivity contribution in [3.05, 3.63) is 12.3 Å². The van der Waals surface area contributed by atoms with Crippen molar-refractivity contribution in [3.63, 3.8) is 0 Å². The first kappa shape index (κ1) is 7.18. The third-order valence-corrected chi connectivity index (χ3v) is 1.19. The van der Waals surface area contributed by atoms with Crippen molar-refractivity contribution in [1.29, 1.82) is 0 Å². The van der Waals surface area contributed by atoms with Crippen LogP contribution < -0.4 is 0 Å². The summed E-state index contributed by atoms with van der Waals surface area (Å²) in [4.78, 5) is 10.5. The Morgan fingerprint density at radius 1 is 1.70 bits per heavy atom. The quantitative estimate of drug-likeness (QED) is 0.557. The van der Waals surface area contributed by atoms with E-state index in [4.69, 9.17) is 0 Å². The van der Waals surface area contributed by atoms with Crippen LogP contribution in [-0.2, 0) is 9.53 Å². The number of allylic oxidation sites excluding steroid dienone is 1. The zero-order chi connectivity index (χ0) is 7.56. The summed E-state index contributed by atoms with van der Waals surface area (Å²) in [7, 11) is 0. The zero-order valence-electron chi connectivity index (χ0n) is 5.09. The van der Waals surface area contributed by atoms with Gasteiger partial charge in [-0.1, -0.05) is 0 Å². The van der Waals surface area contributed by atoms with Crippen LogP contribution >= 0.6 is 0 Å². The Labute approximate surface area is 56.5 Å². The van der Waals surface area contributed by atoms with E-state index in [0.717, 1.165) is 12.3 Å². The Morgan fingerprint density at radius 3 is 2.80 bits per heavy atom. The van der Waals surface area contributed by atoms with E-state index in [2.05, 4.69) is 4.74 Å². The van der Waals surface area contributed by atoms with Gasteiger partial charge < -0.3 is 4.74 Å². The molecule has 4 heteroatoms. The average Bonchev–Trinajstić information content (AvgIpc) is 1.88. The van der Waals surface area contributed by atoms with Crippen LogP contribution in [0.2, 0.25) is 0 Å². The van der Waals surface area contributed by atoms with Gasteiger partial charge in [0.2, 0.25) is 0 Å². The molecule has 10 heavy (non-hydrogen) atoms. The van der Waals surface area contributed by atoms with E-state index in [0.29, 0.717) is 0 Å². The van der Waals surface area contributed by atoms with Gasteiger partial charge in [0.1, 0.15) is 0 Å². The van der Waals surface area contributed by atoms with Crippen molar-refractivity contribution in [2.45, 2.75) is 19.0 Å². The predicted octanol–water partition coefficient (Wildman–Crippen LogP) is 1.12. The highest BCUT2D eigenvalue weighted by molar-refractivity contribution is 5.90. The number of hydrogen-bond acceptors (Lipinski definition) is 2. The number of ether oxygens (including phenoxy) is 1. The summed E-state index contributed by atoms with van der Waals surface area (Å²) in [5.74, 6) is -0.309. The van der Waals surface area contributed by atoms with Crippen molar-refractivity contribution >= 4 is 5.78 Å². The third kappa shape index (κ3) is 1.52. The molecular formula is C6H6F2O2. The second-order valence-electron chi connectivity index (χ2n) is 1.98. The standard InChI is InChI=1S/C6H6F2O2/c7-6(8)5-3-4(9)1-2-10-5/h1-2,5-6H,3H2. The molecule has 56 valence electrons. The zero-order valence-corrected chi connectivity index (χ0v) is 5.09. The minimum absolute atomic E-state index is 0.214. The summed E-state index contributed by atoms with van der Waals surface area (Å²) in [5.41, 5.74) is 0. The van der Waals surface area contributed by atoms with E-state index in [1.165, 1.54) is 0 Å². The lowest BCUT2D eigenvalue weighted by molar-refractivity contribution is -0.121. The van der Waals surface area contributed by atoms with E-state index in [-0.39, 0.29) is 12.2 Å². The maximum Gasteiger partial charge on any atom is 0.275 e. The molecule has 0 saturated heterocycles. The molecule has 1 rings (SSSR count). The molecule has 0 bridgehead atoms. The molecule has 0 aromatic rings. The fourth-order valence-electron chi connectivity index (χ4n) is 0.679. The molecular weight excluding hydrogens is 142 g/mol. The van der Waals surface area contributed by atoms with Gasteiger partial charge in [0, 0.05) is 6.08 Å². The van der Waals surface area contributed by atoms with E-state index >= 15 is 0 Å². The van der Waals surface area contributed by atoms with Gasteiger partial charge in [-0.3, -0.25) is 4.79 Å². The lowest BCUT2D eigenvalue weighted by Crippen LogP contribution is -2.25. The van der Waals surface area contributed by atoms with Crippen LogP contribution in [0, 0.1) is 0 Å². The predicted molar refractivity (Wildman–Crippen MR) is 29.6 cm³/mol. The second kappa shape index (κ2) is 2.77. The molecule has 1 aliphatic rings. The molecule has 0 aliphatic carbocycles. The average molecular weight is 148 g/mol. The van der Waals surface area contributed by atoms with Gasteiger partial charge in [-0.25, -0.2) is 8.78 Å². The molecule has 0 spiro atoms. The van der Waals surface area contributed by atoms with Crippen LogP contribution in [0.4, 0.5) is 8.78 Å². The molecule has 1 aliphatic heterocycles. The summed E-state index contributed by atoms with van der Waals surface area (Å²) in [6, 6.07) is 0. The fraction of sp³-hybridized carbons (Fsp3) is 0.500. The van der Waals surface area contributed by atoms with E-state index in [1.54, 1.807) is 0 Å². The van der Waals surface area contributed by atoms with Crippen LogP contribution in [0.15, 0.2) is 12.3 Å². The van der Waals surface area contributed by atoms with Gasteiger partial charge in [-0.2, -0.15) is 0 Å². The van der Waals surface area contributed by atoms with E-state index in [9.17, 15) is 13.6 Å². The molecule has 0 aromatic heterocycles. The van der Waals surface area contributed by atoms with Gasteiger partial charge in [-0.05, 0) is 0 Å². The molecule has 0 N–H and O–H groups in total. The number of carbonyl (C=O) groups is 1. The van der Waals surface area contributed by atoms with Crippen LogP contribution in [0.25, 0.3) is 0 Å². The topological polar surface area (TPSA) is 26.3 Å². The molecule has 1 unspecified atom stereocenters. The van der Waals surface area contributed by atoms with E-state index < -0.39 is 12.5 Å². The Balaban J connectivity index is 2.52. The Bertz CT molecular complexity index is 165. The van der Waals surface area contributed by atoms with Crippen LogP contribution in [-0.4, -0.2) is 18.3 Å². The van der Waals surface area contributed by atoms with Crippen LogP contribution in [0.5, 0.6) is 0 Å². The first-order chi connectivity index (χ1) is 4.70. The lowest BCUT2D eigenvalue weighted by Gasteiger charge is -2.16. The van der Waals surface area contributed by atoms with Crippen molar-refractivity contribution in [2.24, 2.45) is 0 Å². The SMILES string of the molecule is O=C1C=COC(C(F)F)C1. The molecule has 0 saturated carbocycles. The monoisotopic (exact) mass is 148 g/mol. The number of hydrogen-bond donors (Lipinski definition) is 0. The summed E-state index contributed by atoms with van der Waals surface area (Å²) < 4.78 is 28.0. The lowest BCUT2D eigenvalue weighted by atomic mass is 10.1. The fourth-order valence-corrected chi connectivity index (χ4v) is 0.679. The van der Waals surface area contributed by atoms with Gasteiger partial charge in [0.05, 0.1) is 12.7 Å². The van der Waals surface area contributed by atoms with Crippen molar-refractivity contribution in [1.82, 2.24) is 0 Å². The summed E-state index contributed by atoms with van der Waals surface area (Å²) >= 11 is 0.